The molecule has 1 radical (unpaired) electrons. The number of carbonyl (C=O) groups is 1. The summed E-state index contributed by atoms with van der Waals surface area (Å²) in [5, 5.41) is 0. The smallest absolute Gasteiger partial charge is 0.305 e. The summed E-state index contributed by atoms with van der Waals surface area (Å²) in [5.41, 5.74) is 0. The van der Waals surface area contributed by atoms with Gasteiger partial charge in [0.15, 0.2) is 0 Å². The van der Waals surface area contributed by atoms with Crippen LogP contribution >= 0.6 is 0 Å². The van der Waals surface area contributed by atoms with Gasteiger partial charge < -0.3 is 4.74 Å². The zero-order valence-corrected chi connectivity index (χ0v) is 6.56. The molecule has 0 aliphatic carbocycles. The lowest BCUT2D eigenvalue weighted by molar-refractivity contribution is -0.140. The molecule has 2 nitrogen and oxygen atoms in total. The summed E-state index contributed by atoms with van der Waals surface area (Å²) in [7, 11) is 1.42. The number of ether oxygens (including phenoxy) is 1. The van der Waals surface area contributed by atoms with E-state index in [4.69, 9.17) is 0 Å². The normalized spacial score (nSPS) is 9.40. The van der Waals surface area contributed by atoms with Crippen LogP contribution in [0.1, 0.15) is 32.1 Å². The molecule has 0 amide bonds. The lowest BCUT2D eigenvalue weighted by atomic mass is 10.2. The number of hydrogen-bond donors (Lipinski definition) is 0. The molecule has 59 valence electrons. The second-order valence-corrected chi connectivity index (χ2v) is 2.24. The van der Waals surface area contributed by atoms with Crippen LogP contribution < -0.4 is 0 Å². The summed E-state index contributed by atoms with van der Waals surface area (Å²) in [4.78, 5) is 10.5. The van der Waals surface area contributed by atoms with E-state index in [2.05, 4.69) is 11.7 Å². The van der Waals surface area contributed by atoms with Gasteiger partial charge in [0.05, 0.1) is 7.11 Å². The third kappa shape index (κ3) is 5.60. The molecule has 0 aromatic rings. The van der Waals surface area contributed by atoms with Crippen LogP contribution in [0.5, 0.6) is 0 Å². The Morgan fingerprint density at radius 1 is 1.40 bits per heavy atom. The predicted octanol–water partition coefficient (Wildman–Crippen LogP) is 1.94. The van der Waals surface area contributed by atoms with Gasteiger partial charge in [-0.2, -0.15) is 0 Å². The molecular formula is C8H15O2. The number of carbonyl (C=O) groups excluding carboxylic acids is 1. The van der Waals surface area contributed by atoms with Crippen molar-refractivity contribution < 1.29 is 9.53 Å². The fourth-order valence-electron chi connectivity index (χ4n) is 0.725. The second-order valence-electron chi connectivity index (χ2n) is 2.24. The second kappa shape index (κ2) is 6.59. The van der Waals surface area contributed by atoms with Crippen molar-refractivity contribution in [3.8, 4) is 0 Å². The Bertz CT molecular complexity index is 89.3. The van der Waals surface area contributed by atoms with E-state index in [1.54, 1.807) is 0 Å². The minimum atomic E-state index is -0.107. The Labute approximate surface area is 62.6 Å². The van der Waals surface area contributed by atoms with Gasteiger partial charge in [0, 0.05) is 6.42 Å². The maximum absolute atomic E-state index is 10.5. The molecule has 0 aliphatic rings. The number of hydrogen-bond acceptors (Lipinski definition) is 2. The largest absolute Gasteiger partial charge is 0.469 e. The highest BCUT2D eigenvalue weighted by Crippen LogP contribution is 2.02. The monoisotopic (exact) mass is 143 g/mol. The quantitative estimate of drug-likeness (QED) is 0.434. The Morgan fingerprint density at radius 3 is 2.60 bits per heavy atom. The van der Waals surface area contributed by atoms with Crippen LogP contribution in [-0.2, 0) is 9.53 Å². The number of methoxy groups -OCH3 is 1. The van der Waals surface area contributed by atoms with Crippen LogP contribution in [-0.4, -0.2) is 13.1 Å². The first-order chi connectivity index (χ1) is 4.81. The minimum absolute atomic E-state index is 0.107. The topological polar surface area (TPSA) is 26.3 Å². The van der Waals surface area contributed by atoms with Crippen molar-refractivity contribution in [2.75, 3.05) is 7.11 Å². The van der Waals surface area contributed by atoms with E-state index in [0.29, 0.717) is 6.42 Å². The van der Waals surface area contributed by atoms with E-state index < -0.39 is 0 Å². The first-order valence-corrected chi connectivity index (χ1v) is 3.67. The fraction of sp³-hybridized carbons (Fsp3) is 0.750. The van der Waals surface area contributed by atoms with Gasteiger partial charge >= 0.3 is 5.97 Å². The van der Waals surface area contributed by atoms with E-state index in [0.717, 1.165) is 25.7 Å². The van der Waals surface area contributed by atoms with Crippen molar-refractivity contribution in [1.82, 2.24) is 0 Å². The van der Waals surface area contributed by atoms with Crippen LogP contribution in [0.4, 0.5) is 0 Å². The molecule has 0 saturated heterocycles. The molecular weight excluding hydrogens is 128 g/mol. The summed E-state index contributed by atoms with van der Waals surface area (Å²) in [5.74, 6) is -0.107. The highest BCUT2D eigenvalue weighted by Gasteiger charge is 1.97. The molecule has 10 heavy (non-hydrogen) atoms. The molecule has 0 unspecified atom stereocenters. The lowest BCUT2D eigenvalue weighted by Gasteiger charge is -1.97. The van der Waals surface area contributed by atoms with Crippen LogP contribution in [0.2, 0.25) is 0 Å². The van der Waals surface area contributed by atoms with Crippen molar-refractivity contribution in [1.29, 1.82) is 0 Å². The predicted molar refractivity (Wildman–Crippen MR) is 40.5 cm³/mol. The molecule has 0 fully saturated rings. The summed E-state index contributed by atoms with van der Waals surface area (Å²) < 4.78 is 4.48. The molecule has 0 saturated carbocycles. The van der Waals surface area contributed by atoms with E-state index in [-0.39, 0.29) is 5.97 Å². The van der Waals surface area contributed by atoms with Crippen molar-refractivity contribution in [2.24, 2.45) is 0 Å². The first-order valence-electron chi connectivity index (χ1n) is 3.67. The van der Waals surface area contributed by atoms with Gasteiger partial charge in [0.1, 0.15) is 0 Å². The highest BCUT2D eigenvalue weighted by atomic mass is 16.5. The summed E-state index contributed by atoms with van der Waals surface area (Å²) in [6, 6.07) is 0. The van der Waals surface area contributed by atoms with E-state index in [1.165, 1.54) is 7.11 Å². The summed E-state index contributed by atoms with van der Waals surface area (Å²) >= 11 is 0. The number of esters is 1. The first kappa shape index (κ1) is 9.47. The number of unbranched alkanes of at least 4 members (excludes halogenated alkanes) is 3. The third-order valence-corrected chi connectivity index (χ3v) is 1.36. The molecule has 0 atom stereocenters. The van der Waals surface area contributed by atoms with Crippen molar-refractivity contribution in [3.05, 3.63) is 6.92 Å². The van der Waals surface area contributed by atoms with E-state index in [9.17, 15) is 4.79 Å². The zero-order valence-electron chi connectivity index (χ0n) is 6.56. The Hall–Kier alpha value is -0.530. The molecule has 0 aromatic heterocycles. The molecule has 2 heteroatoms. The van der Waals surface area contributed by atoms with Crippen LogP contribution in [0.3, 0.4) is 0 Å². The number of rotatable bonds is 5. The molecule has 0 aromatic carbocycles. The van der Waals surface area contributed by atoms with Gasteiger partial charge in [-0.25, -0.2) is 0 Å². The van der Waals surface area contributed by atoms with E-state index in [1.807, 2.05) is 0 Å². The fourth-order valence-corrected chi connectivity index (χ4v) is 0.725. The highest BCUT2D eigenvalue weighted by molar-refractivity contribution is 5.68. The summed E-state index contributed by atoms with van der Waals surface area (Å²) in [6.45, 7) is 3.71. The molecule has 0 aliphatic heterocycles. The van der Waals surface area contributed by atoms with Gasteiger partial charge in [0.25, 0.3) is 0 Å². The lowest BCUT2D eigenvalue weighted by Crippen LogP contribution is -1.98. The molecule has 0 N–H and O–H groups in total. The maximum atomic E-state index is 10.5. The van der Waals surface area contributed by atoms with Gasteiger partial charge in [0.2, 0.25) is 0 Å². The third-order valence-electron chi connectivity index (χ3n) is 1.36. The standard InChI is InChI=1S/C8H15O2/c1-3-4-5-6-7-8(9)10-2/h1,3-7H2,2H3. The van der Waals surface area contributed by atoms with Gasteiger partial charge in [-0.15, -0.1) is 0 Å². The average Bonchev–Trinajstić information content (AvgIpc) is 1.98. The summed E-state index contributed by atoms with van der Waals surface area (Å²) in [6.07, 6.45) is 4.63. The Morgan fingerprint density at radius 2 is 2.10 bits per heavy atom. The van der Waals surface area contributed by atoms with Crippen LogP contribution in [0.25, 0.3) is 0 Å². The zero-order chi connectivity index (χ0) is 7.82. The maximum Gasteiger partial charge on any atom is 0.305 e. The average molecular weight is 143 g/mol. The Kier molecular flexibility index (Phi) is 6.24. The molecule has 0 heterocycles. The molecule has 0 rings (SSSR count). The molecule has 0 bridgehead atoms. The van der Waals surface area contributed by atoms with Crippen molar-refractivity contribution in [3.63, 3.8) is 0 Å². The Balaban J connectivity index is 2.96. The van der Waals surface area contributed by atoms with E-state index >= 15 is 0 Å². The van der Waals surface area contributed by atoms with Gasteiger partial charge in [-0.3, -0.25) is 4.79 Å². The SMILES string of the molecule is [CH2]CCCCCC(=O)OC. The van der Waals surface area contributed by atoms with Crippen molar-refractivity contribution >= 4 is 5.97 Å². The minimum Gasteiger partial charge on any atom is -0.469 e. The van der Waals surface area contributed by atoms with Crippen LogP contribution in [0, 0.1) is 6.92 Å². The van der Waals surface area contributed by atoms with Crippen molar-refractivity contribution in [2.45, 2.75) is 32.1 Å². The van der Waals surface area contributed by atoms with Crippen LogP contribution in [0.15, 0.2) is 0 Å². The molecule has 0 spiro atoms. The van der Waals surface area contributed by atoms with Gasteiger partial charge in [-0.1, -0.05) is 26.2 Å². The van der Waals surface area contributed by atoms with Gasteiger partial charge in [-0.05, 0) is 6.42 Å².